The van der Waals surface area contributed by atoms with Crippen molar-refractivity contribution in [1.82, 2.24) is 5.32 Å². The van der Waals surface area contributed by atoms with Crippen LogP contribution in [-0.4, -0.2) is 31.3 Å². The zero-order chi connectivity index (χ0) is 13.1. The summed E-state index contributed by atoms with van der Waals surface area (Å²) >= 11 is 0. The first-order chi connectivity index (χ1) is 7.89. The van der Waals surface area contributed by atoms with E-state index >= 15 is 0 Å². The van der Waals surface area contributed by atoms with Crippen LogP contribution in [0, 0.1) is 11.3 Å². The molecular formula is C14H30N2O. The van der Waals surface area contributed by atoms with Crippen molar-refractivity contribution in [2.75, 3.05) is 13.2 Å². The second-order valence-electron chi connectivity index (χ2n) is 6.20. The van der Waals surface area contributed by atoms with Gasteiger partial charge in [0.1, 0.15) is 0 Å². The second-order valence-corrected chi connectivity index (χ2v) is 6.20. The molecule has 0 saturated heterocycles. The highest BCUT2D eigenvalue weighted by molar-refractivity contribution is 5.02. The summed E-state index contributed by atoms with van der Waals surface area (Å²) in [4.78, 5) is 0. The third-order valence-electron chi connectivity index (χ3n) is 4.27. The highest BCUT2D eigenvalue weighted by atomic mass is 16.5. The fraction of sp³-hybridized carbons (Fsp3) is 1.00. The van der Waals surface area contributed by atoms with Crippen molar-refractivity contribution in [2.45, 2.75) is 65.6 Å². The Kier molecular flexibility index (Phi) is 5.42. The molecule has 1 aliphatic carbocycles. The molecule has 0 amide bonds. The summed E-state index contributed by atoms with van der Waals surface area (Å²) < 4.78 is 5.72. The molecule has 102 valence electrons. The molecule has 3 atom stereocenters. The first-order valence-corrected chi connectivity index (χ1v) is 7.00. The van der Waals surface area contributed by atoms with Crippen LogP contribution >= 0.6 is 0 Å². The van der Waals surface area contributed by atoms with E-state index in [9.17, 15) is 0 Å². The standard InChI is InChI=1S/C14H30N2O/c1-6-17-13-9-12(14(13,4)5)16-8-7-11(15)10(2)3/h10-13,16H,6-9,15H2,1-5H3. The van der Waals surface area contributed by atoms with E-state index in [0.29, 0.717) is 24.1 Å². The summed E-state index contributed by atoms with van der Waals surface area (Å²) in [5, 5.41) is 3.62. The number of nitrogens with two attached hydrogens (primary N) is 1. The van der Waals surface area contributed by atoms with Gasteiger partial charge >= 0.3 is 0 Å². The van der Waals surface area contributed by atoms with Gasteiger partial charge in [-0.15, -0.1) is 0 Å². The van der Waals surface area contributed by atoms with Crippen LogP contribution in [0.15, 0.2) is 0 Å². The van der Waals surface area contributed by atoms with Crippen molar-refractivity contribution < 1.29 is 4.74 Å². The van der Waals surface area contributed by atoms with Gasteiger partial charge in [-0.1, -0.05) is 27.7 Å². The Bertz CT molecular complexity index is 228. The molecular weight excluding hydrogens is 212 g/mol. The molecule has 0 aromatic heterocycles. The van der Waals surface area contributed by atoms with Crippen LogP contribution in [0.25, 0.3) is 0 Å². The van der Waals surface area contributed by atoms with E-state index in [0.717, 1.165) is 26.0 Å². The Balaban J connectivity index is 2.22. The Morgan fingerprint density at radius 1 is 1.41 bits per heavy atom. The Labute approximate surface area is 106 Å². The lowest BCUT2D eigenvalue weighted by atomic mass is 9.64. The van der Waals surface area contributed by atoms with Gasteiger partial charge in [0.05, 0.1) is 6.10 Å². The summed E-state index contributed by atoms with van der Waals surface area (Å²) in [6.45, 7) is 12.9. The predicted molar refractivity (Wildman–Crippen MR) is 73.0 cm³/mol. The number of ether oxygens (including phenoxy) is 1. The van der Waals surface area contributed by atoms with Crippen molar-refractivity contribution >= 4 is 0 Å². The summed E-state index contributed by atoms with van der Waals surface area (Å²) in [5.74, 6) is 0.572. The number of rotatable bonds is 7. The molecule has 0 spiro atoms. The Morgan fingerprint density at radius 2 is 2.06 bits per heavy atom. The van der Waals surface area contributed by atoms with E-state index in [1.54, 1.807) is 0 Å². The Morgan fingerprint density at radius 3 is 2.53 bits per heavy atom. The lowest BCUT2D eigenvalue weighted by molar-refractivity contribution is -0.114. The van der Waals surface area contributed by atoms with Crippen LogP contribution < -0.4 is 11.1 Å². The van der Waals surface area contributed by atoms with Crippen LogP contribution in [0.1, 0.15) is 47.5 Å². The molecule has 0 bridgehead atoms. The summed E-state index contributed by atoms with van der Waals surface area (Å²) in [7, 11) is 0. The van der Waals surface area contributed by atoms with E-state index in [2.05, 4.69) is 39.9 Å². The topological polar surface area (TPSA) is 47.3 Å². The van der Waals surface area contributed by atoms with Gasteiger partial charge in [-0.25, -0.2) is 0 Å². The normalized spacial score (nSPS) is 29.1. The summed E-state index contributed by atoms with van der Waals surface area (Å²) in [5.41, 5.74) is 6.30. The second kappa shape index (κ2) is 6.17. The van der Waals surface area contributed by atoms with Crippen LogP contribution in [0.2, 0.25) is 0 Å². The summed E-state index contributed by atoms with van der Waals surface area (Å²) in [6, 6.07) is 0.895. The molecule has 1 fully saturated rings. The SMILES string of the molecule is CCOC1CC(NCCC(N)C(C)C)C1(C)C. The van der Waals surface area contributed by atoms with Crippen molar-refractivity contribution in [3.63, 3.8) is 0 Å². The average Bonchev–Trinajstić information content (AvgIpc) is 2.26. The molecule has 0 aromatic carbocycles. The molecule has 3 N–H and O–H groups in total. The fourth-order valence-corrected chi connectivity index (χ4v) is 2.47. The van der Waals surface area contributed by atoms with Crippen LogP contribution in [0.5, 0.6) is 0 Å². The minimum absolute atomic E-state index is 0.262. The van der Waals surface area contributed by atoms with Crippen molar-refractivity contribution in [3.8, 4) is 0 Å². The fourth-order valence-electron chi connectivity index (χ4n) is 2.47. The first kappa shape index (κ1) is 14.9. The van der Waals surface area contributed by atoms with Gasteiger partial charge in [-0.05, 0) is 32.2 Å². The van der Waals surface area contributed by atoms with Crippen LogP contribution in [-0.2, 0) is 4.74 Å². The molecule has 3 unspecified atom stereocenters. The zero-order valence-electron chi connectivity index (χ0n) is 12.1. The van der Waals surface area contributed by atoms with E-state index in [4.69, 9.17) is 10.5 Å². The van der Waals surface area contributed by atoms with Crippen molar-refractivity contribution in [3.05, 3.63) is 0 Å². The van der Waals surface area contributed by atoms with Gasteiger partial charge in [0.15, 0.2) is 0 Å². The van der Waals surface area contributed by atoms with Crippen molar-refractivity contribution in [1.29, 1.82) is 0 Å². The molecule has 3 nitrogen and oxygen atoms in total. The van der Waals surface area contributed by atoms with Gasteiger partial charge in [-0.3, -0.25) is 0 Å². The van der Waals surface area contributed by atoms with Gasteiger partial charge < -0.3 is 15.8 Å². The molecule has 1 aliphatic rings. The van der Waals surface area contributed by atoms with E-state index in [-0.39, 0.29) is 5.41 Å². The quantitative estimate of drug-likeness (QED) is 0.719. The van der Waals surface area contributed by atoms with E-state index in [1.807, 2.05) is 0 Å². The lowest BCUT2D eigenvalue weighted by Gasteiger charge is -2.52. The zero-order valence-corrected chi connectivity index (χ0v) is 12.1. The minimum Gasteiger partial charge on any atom is -0.378 e. The number of hydrogen-bond donors (Lipinski definition) is 2. The lowest BCUT2D eigenvalue weighted by Crippen LogP contribution is -2.61. The highest BCUT2D eigenvalue weighted by Gasteiger charge is 2.48. The molecule has 3 heteroatoms. The molecule has 0 heterocycles. The highest BCUT2D eigenvalue weighted by Crippen LogP contribution is 2.42. The van der Waals surface area contributed by atoms with Gasteiger partial charge in [0.25, 0.3) is 0 Å². The molecule has 1 saturated carbocycles. The maximum Gasteiger partial charge on any atom is 0.0655 e. The molecule has 0 aliphatic heterocycles. The largest absolute Gasteiger partial charge is 0.378 e. The molecule has 0 radical (unpaired) electrons. The van der Waals surface area contributed by atoms with E-state index < -0.39 is 0 Å². The van der Waals surface area contributed by atoms with Gasteiger partial charge in [-0.2, -0.15) is 0 Å². The third-order valence-corrected chi connectivity index (χ3v) is 4.27. The summed E-state index contributed by atoms with van der Waals surface area (Å²) in [6.07, 6.45) is 2.62. The molecule has 17 heavy (non-hydrogen) atoms. The van der Waals surface area contributed by atoms with Gasteiger partial charge in [0, 0.05) is 24.1 Å². The monoisotopic (exact) mass is 242 g/mol. The average molecular weight is 242 g/mol. The third kappa shape index (κ3) is 3.67. The maximum absolute atomic E-state index is 6.04. The van der Waals surface area contributed by atoms with Crippen molar-refractivity contribution in [2.24, 2.45) is 17.1 Å². The smallest absolute Gasteiger partial charge is 0.0655 e. The Hall–Kier alpha value is -0.120. The number of hydrogen-bond acceptors (Lipinski definition) is 3. The minimum atomic E-state index is 0.262. The predicted octanol–water partition coefficient (Wildman–Crippen LogP) is 2.15. The molecule has 1 rings (SSSR count). The number of nitrogens with one attached hydrogen (secondary N) is 1. The molecule has 0 aromatic rings. The van der Waals surface area contributed by atoms with E-state index in [1.165, 1.54) is 0 Å². The van der Waals surface area contributed by atoms with Crippen LogP contribution in [0.3, 0.4) is 0 Å². The van der Waals surface area contributed by atoms with Crippen LogP contribution in [0.4, 0.5) is 0 Å². The first-order valence-electron chi connectivity index (χ1n) is 7.00. The maximum atomic E-state index is 6.04. The van der Waals surface area contributed by atoms with Gasteiger partial charge in [0.2, 0.25) is 0 Å².